The van der Waals surface area contributed by atoms with Gasteiger partial charge in [0.25, 0.3) is 0 Å². The molecule has 1 aromatic rings. The molecule has 1 aromatic heterocycles. The van der Waals surface area contributed by atoms with Gasteiger partial charge in [-0.1, -0.05) is 13.3 Å². The van der Waals surface area contributed by atoms with Crippen LogP contribution >= 0.6 is 0 Å². The van der Waals surface area contributed by atoms with Crippen molar-refractivity contribution >= 4 is 6.09 Å². The minimum absolute atomic E-state index is 0.0453. The first-order valence-electron chi connectivity index (χ1n) is 8.16. The van der Waals surface area contributed by atoms with E-state index in [1.807, 2.05) is 0 Å². The fraction of sp³-hybridized carbons (Fsp3) is 0.688. The molecule has 2 aliphatic rings. The SMILES string of the molecule is CCCCc1cnc(O[C@@H]2C[C@H]3CC[C@@H](C2)N3C(=O)O)cn1. The first-order chi connectivity index (χ1) is 10.7. The van der Waals surface area contributed by atoms with E-state index in [-0.39, 0.29) is 18.2 Å². The minimum atomic E-state index is -0.800. The summed E-state index contributed by atoms with van der Waals surface area (Å²) in [5, 5.41) is 9.26. The second-order valence-electron chi connectivity index (χ2n) is 6.24. The second-order valence-corrected chi connectivity index (χ2v) is 6.24. The van der Waals surface area contributed by atoms with Crippen LogP contribution in [0.25, 0.3) is 0 Å². The van der Waals surface area contributed by atoms with Crippen molar-refractivity contribution in [3.8, 4) is 5.88 Å². The summed E-state index contributed by atoms with van der Waals surface area (Å²) < 4.78 is 5.93. The second kappa shape index (κ2) is 6.50. The zero-order chi connectivity index (χ0) is 15.5. The summed E-state index contributed by atoms with van der Waals surface area (Å²) in [6.45, 7) is 2.16. The summed E-state index contributed by atoms with van der Waals surface area (Å²) in [5.41, 5.74) is 0.995. The van der Waals surface area contributed by atoms with E-state index >= 15 is 0 Å². The molecule has 0 unspecified atom stereocenters. The van der Waals surface area contributed by atoms with Crippen molar-refractivity contribution in [3.05, 3.63) is 18.1 Å². The molecule has 3 rings (SSSR count). The van der Waals surface area contributed by atoms with E-state index < -0.39 is 6.09 Å². The Kier molecular flexibility index (Phi) is 4.45. The van der Waals surface area contributed by atoms with Crippen LogP contribution in [0, 0.1) is 0 Å². The highest BCUT2D eigenvalue weighted by molar-refractivity contribution is 5.66. The summed E-state index contributed by atoms with van der Waals surface area (Å²) in [5.74, 6) is 0.549. The Morgan fingerprint density at radius 1 is 1.32 bits per heavy atom. The highest BCUT2D eigenvalue weighted by atomic mass is 16.5. The maximum atomic E-state index is 11.3. The van der Waals surface area contributed by atoms with Crippen LogP contribution in [-0.2, 0) is 6.42 Å². The molecule has 2 aliphatic heterocycles. The number of fused-ring (bicyclic) bond motifs is 2. The van der Waals surface area contributed by atoms with E-state index in [1.165, 1.54) is 0 Å². The van der Waals surface area contributed by atoms with Gasteiger partial charge < -0.3 is 14.7 Å². The lowest BCUT2D eigenvalue weighted by atomic mass is 10.0. The molecule has 3 atom stereocenters. The lowest BCUT2D eigenvalue weighted by molar-refractivity contribution is 0.0475. The molecule has 0 saturated carbocycles. The number of carbonyl (C=O) groups is 1. The fourth-order valence-corrected chi connectivity index (χ4v) is 3.60. The maximum absolute atomic E-state index is 11.3. The Morgan fingerprint density at radius 3 is 2.59 bits per heavy atom. The highest BCUT2D eigenvalue weighted by Crippen LogP contribution is 2.36. The van der Waals surface area contributed by atoms with Gasteiger partial charge in [-0.15, -0.1) is 0 Å². The summed E-state index contributed by atoms with van der Waals surface area (Å²) >= 11 is 0. The molecule has 0 radical (unpaired) electrons. The summed E-state index contributed by atoms with van der Waals surface area (Å²) in [4.78, 5) is 21.6. The van der Waals surface area contributed by atoms with E-state index in [0.717, 1.165) is 50.6 Å². The van der Waals surface area contributed by atoms with Gasteiger partial charge in [0, 0.05) is 24.9 Å². The molecule has 120 valence electrons. The van der Waals surface area contributed by atoms with E-state index in [1.54, 1.807) is 17.3 Å². The fourth-order valence-electron chi connectivity index (χ4n) is 3.60. The molecule has 3 heterocycles. The molecule has 2 saturated heterocycles. The standard InChI is InChI=1S/C16H23N3O3/c1-2-3-4-11-9-18-15(10-17-11)22-14-7-12-5-6-13(8-14)19(12)16(20)21/h9-10,12-14H,2-8H2,1H3,(H,20,21)/t12-,13+,14-. The van der Waals surface area contributed by atoms with Gasteiger partial charge in [-0.05, 0) is 25.7 Å². The van der Waals surface area contributed by atoms with Crippen molar-refractivity contribution < 1.29 is 14.6 Å². The molecule has 22 heavy (non-hydrogen) atoms. The number of ether oxygens (including phenoxy) is 1. The van der Waals surface area contributed by atoms with E-state index in [9.17, 15) is 9.90 Å². The van der Waals surface area contributed by atoms with E-state index in [0.29, 0.717) is 5.88 Å². The average molecular weight is 305 g/mol. The third-order valence-corrected chi connectivity index (χ3v) is 4.67. The highest BCUT2D eigenvalue weighted by Gasteiger charge is 2.44. The number of nitrogens with zero attached hydrogens (tertiary/aromatic N) is 3. The number of amides is 1. The molecule has 6 heteroatoms. The Bertz CT molecular complexity index is 506. The summed E-state index contributed by atoms with van der Waals surface area (Å²) in [6, 6.07) is 0.191. The largest absolute Gasteiger partial charge is 0.473 e. The third-order valence-electron chi connectivity index (χ3n) is 4.67. The van der Waals surface area contributed by atoms with Crippen LogP contribution in [0.15, 0.2) is 12.4 Å². The minimum Gasteiger partial charge on any atom is -0.473 e. The zero-order valence-electron chi connectivity index (χ0n) is 12.9. The number of rotatable bonds is 5. The number of hydrogen-bond acceptors (Lipinski definition) is 4. The van der Waals surface area contributed by atoms with Crippen molar-refractivity contribution in [1.29, 1.82) is 0 Å². The van der Waals surface area contributed by atoms with Gasteiger partial charge in [-0.3, -0.25) is 4.98 Å². The molecule has 1 N–H and O–H groups in total. The summed E-state index contributed by atoms with van der Waals surface area (Å²) in [6.07, 6.45) is 9.32. The Morgan fingerprint density at radius 2 is 2.05 bits per heavy atom. The molecule has 1 amide bonds. The number of piperidine rings is 1. The molecular weight excluding hydrogens is 282 g/mol. The smallest absolute Gasteiger partial charge is 0.407 e. The lowest BCUT2D eigenvalue weighted by Crippen LogP contribution is -2.48. The van der Waals surface area contributed by atoms with Crippen molar-refractivity contribution in [2.75, 3.05) is 0 Å². The maximum Gasteiger partial charge on any atom is 0.407 e. The molecule has 0 aromatic carbocycles. The summed E-state index contributed by atoms with van der Waals surface area (Å²) in [7, 11) is 0. The van der Waals surface area contributed by atoms with Crippen LogP contribution in [0.4, 0.5) is 4.79 Å². The molecule has 2 fully saturated rings. The van der Waals surface area contributed by atoms with Gasteiger partial charge in [0.2, 0.25) is 5.88 Å². The van der Waals surface area contributed by atoms with E-state index in [2.05, 4.69) is 16.9 Å². The molecule has 2 bridgehead atoms. The van der Waals surface area contributed by atoms with Gasteiger partial charge in [0.15, 0.2) is 0 Å². The Labute approximate surface area is 130 Å². The number of unbranched alkanes of at least 4 members (excludes halogenated alkanes) is 1. The Hall–Kier alpha value is -1.85. The quantitative estimate of drug-likeness (QED) is 0.905. The molecular formula is C16H23N3O3. The predicted octanol–water partition coefficient (Wildman–Crippen LogP) is 2.87. The average Bonchev–Trinajstić information content (AvgIpc) is 2.79. The number of aromatic nitrogens is 2. The topological polar surface area (TPSA) is 75.5 Å². The van der Waals surface area contributed by atoms with Crippen LogP contribution in [0.5, 0.6) is 5.88 Å². The van der Waals surface area contributed by atoms with Crippen LogP contribution in [0.2, 0.25) is 0 Å². The molecule has 0 aliphatic carbocycles. The van der Waals surface area contributed by atoms with E-state index in [4.69, 9.17) is 4.74 Å². The van der Waals surface area contributed by atoms with Crippen molar-refractivity contribution in [1.82, 2.24) is 14.9 Å². The van der Waals surface area contributed by atoms with Gasteiger partial charge in [-0.2, -0.15) is 0 Å². The van der Waals surface area contributed by atoms with Crippen molar-refractivity contribution in [2.24, 2.45) is 0 Å². The Balaban J connectivity index is 1.57. The monoisotopic (exact) mass is 305 g/mol. The number of carboxylic acid groups (broad SMARTS) is 1. The lowest BCUT2D eigenvalue weighted by Gasteiger charge is -2.36. The van der Waals surface area contributed by atoms with Gasteiger partial charge in [0.1, 0.15) is 6.10 Å². The first kappa shape index (κ1) is 15.1. The van der Waals surface area contributed by atoms with Crippen LogP contribution in [0.3, 0.4) is 0 Å². The first-order valence-corrected chi connectivity index (χ1v) is 8.16. The van der Waals surface area contributed by atoms with Crippen molar-refractivity contribution in [3.63, 3.8) is 0 Å². The number of aryl methyl sites for hydroxylation is 1. The van der Waals surface area contributed by atoms with Crippen LogP contribution in [-0.4, -0.2) is 44.3 Å². The molecule has 0 spiro atoms. The van der Waals surface area contributed by atoms with Gasteiger partial charge >= 0.3 is 6.09 Å². The third kappa shape index (κ3) is 3.15. The number of hydrogen-bond donors (Lipinski definition) is 1. The van der Waals surface area contributed by atoms with Gasteiger partial charge in [0.05, 0.1) is 18.1 Å². The zero-order valence-corrected chi connectivity index (χ0v) is 12.9. The van der Waals surface area contributed by atoms with Crippen LogP contribution < -0.4 is 4.74 Å². The van der Waals surface area contributed by atoms with Gasteiger partial charge in [-0.25, -0.2) is 9.78 Å². The normalized spacial score (nSPS) is 27.0. The predicted molar refractivity (Wildman–Crippen MR) is 81.0 cm³/mol. The van der Waals surface area contributed by atoms with Crippen LogP contribution in [0.1, 0.15) is 51.1 Å². The molecule has 6 nitrogen and oxygen atoms in total. The van der Waals surface area contributed by atoms with Crippen molar-refractivity contribution in [2.45, 2.75) is 70.1 Å².